The lowest BCUT2D eigenvalue weighted by Crippen LogP contribution is -2.03. The second-order valence-corrected chi connectivity index (χ2v) is 5.08. The van der Waals surface area contributed by atoms with Gasteiger partial charge in [0.2, 0.25) is 0 Å². The van der Waals surface area contributed by atoms with Crippen LogP contribution in [0.15, 0.2) is 60.8 Å². The van der Waals surface area contributed by atoms with Crippen LogP contribution in [0.5, 0.6) is 0 Å². The van der Waals surface area contributed by atoms with Crippen molar-refractivity contribution in [2.75, 3.05) is 6.61 Å². The summed E-state index contributed by atoms with van der Waals surface area (Å²) in [5.41, 5.74) is 3.39. The van der Waals surface area contributed by atoms with Gasteiger partial charge in [0.1, 0.15) is 5.69 Å². The minimum Gasteiger partial charge on any atom is -0.462 e. The zero-order valence-corrected chi connectivity index (χ0v) is 12.8. The summed E-state index contributed by atoms with van der Waals surface area (Å²) in [5, 5.41) is 8.34. The first-order valence-corrected chi connectivity index (χ1v) is 7.48. The Bertz CT molecular complexity index is 780. The second kappa shape index (κ2) is 6.87. The first-order valence-electron chi connectivity index (χ1n) is 7.48. The summed E-state index contributed by atoms with van der Waals surface area (Å²) in [7, 11) is 0. The fraction of sp³-hybridized carbons (Fsp3) is 0.167. The topological polar surface area (TPSA) is 57.0 Å². The normalized spacial score (nSPS) is 10.5. The van der Waals surface area contributed by atoms with Crippen LogP contribution in [-0.2, 0) is 11.3 Å². The standard InChI is InChI=1S/C18H17N3O2/c1-2-23-18(22)16-10-8-15(9-11-16)17-13-21(20-19-17)12-14-6-4-3-5-7-14/h3-11,13H,2,12H2,1H3. The molecule has 0 saturated heterocycles. The van der Waals surface area contributed by atoms with Crippen LogP contribution in [0.1, 0.15) is 22.8 Å². The maximum atomic E-state index is 11.6. The van der Waals surface area contributed by atoms with Crippen molar-refractivity contribution in [3.05, 3.63) is 71.9 Å². The molecule has 0 bridgehead atoms. The fourth-order valence-electron chi connectivity index (χ4n) is 2.27. The lowest BCUT2D eigenvalue weighted by Gasteiger charge is -2.02. The lowest BCUT2D eigenvalue weighted by molar-refractivity contribution is 0.0526. The number of hydrogen-bond acceptors (Lipinski definition) is 4. The SMILES string of the molecule is CCOC(=O)c1ccc(-c2cn(Cc3ccccc3)nn2)cc1. The third kappa shape index (κ3) is 3.63. The number of aromatic nitrogens is 3. The van der Waals surface area contributed by atoms with E-state index >= 15 is 0 Å². The molecule has 0 spiro atoms. The van der Waals surface area contributed by atoms with E-state index in [1.807, 2.05) is 36.5 Å². The van der Waals surface area contributed by atoms with Gasteiger partial charge in [0.05, 0.1) is 24.9 Å². The van der Waals surface area contributed by atoms with Gasteiger partial charge >= 0.3 is 5.97 Å². The molecule has 5 nitrogen and oxygen atoms in total. The second-order valence-electron chi connectivity index (χ2n) is 5.08. The molecule has 3 aromatic rings. The number of carbonyl (C=O) groups excluding carboxylic acids is 1. The highest BCUT2D eigenvalue weighted by molar-refractivity contribution is 5.89. The number of esters is 1. The van der Waals surface area contributed by atoms with Gasteiger partial charge in [-0.15, -0.1) is 5.10 Å². The van der Waals surface area contributed by atoms with E-state index in [-0.39, 0.29) is 5.97 Å². The molecule has 3 rings (SSSR count). The van der Waals surface area contributed by atoms with Crippen molar-refractivity contribution in [2.24, 2.45) is 0 Å². The van der Waals surface area contributed by atoms with Gasteiger partial charge in [-0.2, -0.15) is 0 Å². The number of hydrogen-bond donors (Lipinski definition) is 0. The van der Waals surface area contributed by atoms with E-state index in [2.05, 4.69) is 22.4 Å². The highest BCUT2D eigenvalue weighted by Crippen LogP contribution is 2.17. The fourth-order valence-corrected chi connectivity index (χ4v) is 2.27. The van der Waals surface area contributed by atoms with E-state index in [0.717, 1.165) is 11.3 Å². The molecule has 5 heteroatoms. The van der Waals surface area contributed by atoms with Crippen molar-refractivity contribution in [1.82, 2.24) is 15.0 Å². The smallest absolute Gasteiger partial charge is 0.338 e. The minimum atomic E-state index is -0.313. The Kier molecular flexibility index (Phi) is 4.47. The lowest BCUT2D eigenvalue weighted by atomic mass is 10.1. The molecule has 23 heavy (non-hydrogen) atoms. The van der Waals surface area contributed by atoms with Gasteiger partial charge in [0, 0.05) is 5.56 Å². The minimum absolute atomic E-state index is 0.313. The van der Waals surface area contributed by atoms with Crippen molar-refractivity contribution in [3.8, 4) is 11.3 Å². The van der Waals surface area contributed by atoms with E-state index in [1.165, 1.54) is 5.56 Å². The summed E-state index contributed by atoms with van der Waals surface area (Å²) in [6.45, 7) is 2.83. The average Bonchev–Trinajstić information content (AvgIpc) is 3.05. The van der Waals surface area contributed by atoms with Crippen LogP contribution in [0, 0.1) is 0 Å². The van der Waals surface area contributed by atoms with E-state index in [9.17, 15) is 4.79 Å². The summed E-state index contributed by atoms with van der Waals surface area (Å²) in [6.07, 6.45) is 1.90. The molecule has 2 aromatic carbocycles. The predicted molar refractivity (Wildman–Crippen MR) is 87.0 cm³/mol. The van der Waals surface area contributed by atoms with Crippen molar-refractivity contribution < 1.29 is 9.53 Å². The molecular formula is C18H17N3O2. The molecule has 1 heterocycles. The van der Waals surface area contributed by atoms with Gasteiger partial charge in [-0.25, -0.2) is 9.48 Å². The molecule has 0 aliphatic heterocycles. The first-order chi connectivity index (χ1) is 11.3. The zero-order valence-electron chi connectivity index (χ0n) is 12.8. The molecule has 0 saturated carbocycles. The summed E-state index contributed by atoms with van der Waals surface area (Å²) in [5.74, 6) is -0.313. The summed E-state index contributed by atoms with van der Waals surface area (Å²) < 4.78 is 6.77. The monoisotopic (exact) mass is 307 g/mol. The summed E-state index contributed by atoms with van der Waals surface area (Å²) in [6, 6.07) is 17.3. The van der Waals surface area contributed by atoms with Crippen LogP contribution in [0.4, 0.5) is 0 Å². The van der Waals surface area contributed by atoms with Crippen LogP contribution >= 0.6 is 0 Å². The zero-order chi connectivity index (χ0) is 16.1. The van der Waals surface area contributed by atoms with Gasteiger partial charge < -0.3 is 4.74 Å². The maximum Gasteiger partial charge on any atom is 0.338 e. The molecule has 0 amide bonds. The first kappa shape index (κ1) is 15.0. The average molecular weight is 307 g/mol. The Morgan fingerprint density at radius 3 is 2.52 bits per heavy atom. The molecule has 0 atom stereocenters. The van der Waals surface area contributed by atoms with Crippen molar-refractivity contribution in [3.63, 3.8) is 0 Å². The van der Waals surface area contributed by atoms with Crippen molar-refractivity contribution >= 4 is 5.97 Å². The van der Waals surface area contributed by atoms with Gasteiger partial charge in [0.25, 0.3) is 0 Å². The molecule has 0 N–H and O–H groups in total. The van der Waals surface area contributed by atoms with Gasteiger partial charge in [-0.3, -0.25) is 0 Å². The van der Waals surface area contributed by atoms with E-state index in [4.69, 9.17) is 4.74 Å². The number of ether oxygens (including phenoxy) is 1. The van der Waals surface area contributed by atoms with Crippen LogP contribution in [-0.4, -0.2) is 27.6 Å². The molecule has 0 unspecified atom stereocenters. The number of rotatable bonds is 5. The molecule has 0 aliphatic rings. The van der Waals surface area contributed by atoms with E-state index in [1.54, 1.807) is 23.7 Å². The Hall–Kier alpha value is -2.95. The quantitative estimate of drug-likeness (QED) is 0.679. The molecule has 1 aromatic heterocycles. The molecule has 0 radical (unpaired) electrons. The van der Waals surface area contributed by atoms with E-state index in [0.29, 0.717) is 18.7 Å². The number of nitrogens with zero attached hydrogens (tertiary/aromatic N) is 3. The van der Waals surface area contributed by atoms with Crippen LogP contribution in [0.2, 0.25) is 0 Å². The summed E-state index contributed by atoms with van der Waals surface area (Å²) >= 11 is 0. The van der Waals surface area contributed by atoms with Crippen LogP contribution in [0.3, 0.4) is 0 Å². The third-order valence-corrected chi connectivity index (χ3v) is 3.42. The highest BCUT2D eigenvalue weighted by atomic mass is 16.5. The maximum absolute atomic E-state index is 11.6. The molecule has 116 valence electrons. The van der Waals surface area contributed by atoms with Gasteiger partial charge in [0.15, 0.2) is 0 Å². The summed E-state index contributed by atoms with van der Waals surface area (Å²) in [4.78, 5) is 11.6. The Morgan fingerprint density at radius 1 is 1.09 bits per heavy atom. The predicted octanol–water partition coefficient (Wildman–Crippen LogP) is 3.17. The molecule has 0 aliphatic carbocycles. The molecular weight excluding hydrogens is 290 g/mol. The number of carbonyl (C=O) groups is 1. The van der Waals surface area contributed by atoms with Crippen molar-refractivity contribution in [1.29, 1.82) is 0 Å². The third-order valence-electron chi connectivity index (χ3n) is 3.42. The molecule has 0 fully saturated rings. The van der Waals surface area contributed by atoms with Crippen LogP contribution < -0.4 is 0 Å². The Balaban J connectivity index is 1.74. The Labute approximate surface area is 134 Å². The van der Waals surface area contributed by atoms with Gasteiger partial charge in [-0.05, 0) is 24.6 Å². The van der Waals surface area contributed by atoms with E-state index < -0.39 is 0 Å². The van der Waals surface area contributed by atoms with Crippen LogP contribution in [0.25, 0.3) is 11.3 Å². The van der Waals surface area contributed by atoms with Gasteiger partial charge in [-0.1, -0.05) is 47.7 Å². The van der Waals surface area contributed by atoms with Crippen molar-refractivity contribution in [2.45, 2.75) is 13.5 Å². The highest BCUT2D eigenvalue weighted by Gasteiger charge is 2.08. The number of benzene rings is 2. The Morgan fingerprint density at radius 2 is 1.83 bits per heavy atom. The largest absolute Gasteiger partial charge is 0.462 e.